The molecule has 0 aliphatic rings. The van der Waals surface area contributed by atoms with E-state index in [4.69, 9.17) is 14.3 Å². The third kappa shape index (κ3) is 5.24. The molecule has 0 spiro atoms. The maximum absolute atomic E-state index is 12.0. The molecule has 2 N–H and O–H groups in total. The molecular weight excluding hydrogens is 310 g/mol. The number of carboxylic acid groups (broad SMARTS) is 1. The Morgan fingerprint density at radius 1 is 1.21 bits per heavy atom. The Morgan fingerprint density at radius 3 is 2.54 bits per heavy atom. The van der Waals surface area contributed by atoms with E-state index < -0.39 is 11.9 Å². The minimum Gasteiger partial charge on any atom is -0.478 e. The van der Waals surface area contributed by atoms with Crippen LogP contribution in [-0.4, -0.2) is 22.6 Å². The molecule has 0 saturated heterocycles. The molecule has 6 heteroatoms. The molecule has 0 aliphatic carbocycles. The lowest BCUT2D eigenvalue weighted by Crippen LogP contribution is -2.22. The number of aromatic carboxylic acids is 1. The first-order valence-corrected chi connectivity index (χ1v) is 7.56. The SMILES string of the molecule is CC(C)(C)OCc1cccc(CNC(=O)c2cc(C(=O)O)co2)c1. The monoisotopic (exact) mass is 331 g/mol. The first kappa shape index (κ1) is 17.7. The highest BCUT2D eigenvalue weighted by Crippen LogP contribution is 2.13. The highest BCUT2D eigenvalue weighted by atomic mass is 16.5. The van der Waals surface area contributed by atoms with E-state index in [-0.39, 0.29) is 16.9 Å². The van der Waals surface area contributed by atoms with Gasteiger partial charge in [0, 0.05) is 12.6 Å². The van der Waals surface area contributed by atoms with Crippen LogP contribution in [0.4, 0.5) is 0 Å². The molecular formula is C18H21NO5. The Kier molecular flexibility index (Phi) is 5.41. The Morgan fingerprint density at radius 2 is 1.92 bits per heavy atom. The van der Waals surface area contributed by atoms with Gasteiger partial charge in [-0.25, -0.2) is 4.79 Å². The number of carbonyl (C=O) groups excluding carboxylic acids is 1. The van der Waals surface area contributed by atoms with Crippen molar-refractivity contribution >= 4 is 11.9 Å². The normalized spacial score (nSPS) is 11.3. The second kappa shape index (κ2) is 7.31. The lowest BCUT2D eigenvalue weighted by atomic mass is 10.1. The zero-order chi connectivity index (χ0) is 17.7. The summed E-state index contributed by atoms with van der Waals surface area (Å²) in [4.78, 5) is 22.8. The molecule has 0 bridgehead atoms. The molecule has 24 heavy (non-hydrogen) atoms. The highest BCUT2D eigenvalue weighted by Gasteiger charge is 2.14. The van der Waals surface area contributed by atoms with Gasteiger partial charge in [0.25, 0.3) is 5.91 Å². The first-order chi connectivity index (χ1) is 11.2. The molecule has 1 aromatic heterocycles. The minimum absolute atomic E-state index is 0.0281. The molecule has 1 heterocycles. The highest BCUT2D eigenvalue weighted by molar-refractivity contribution is 5.95. The summed E-state index contributed by atoms with van der Waals surface area (Å²) in [5.74, 6) is -1.62. The first-order valence-electron chi connectivity index (χ1n) is 7.56. The molecule has 6 nitrogen and oxygen atoms in total. The molecule has 0 fully saturated rings. The van der Waals surface area contributed by atoms with Gasteiger partial charge in [0.05, 0.1) is 17.8 Å². The predicted molar refractivity (Wildman–Crippen MR) is 87.8 cm³/mol. The van der Waals surface area contributed by atoms with Crippen LogP contribution in [0.25, 0.3) is 0 Å². The summed E-state index contributed by atoms with van der Waals surface area (Å²) in [6.07, 6.45) is 1.04. The standard InChI is InChI=1S/C18H21NO5/c1-18(2,3)24-10-13-6-4-5-12(7-13)9-19-16(20)15-8-14(11-23-15)17(21)22/h4-8,11H,9-10H2,1-3H3,(H,19,20)(H,21,22). The van der Waals surface area contributed by atoms with Crippen molar-refractivity contribution in [3.8, 4) is 0 Å². The van der Waals surface area contributed by atoms with Crippen LogP contribution in [0.3, 0.4) is 0 Å². The summed E-state index contributed by atoms with van der Waals surface area (Å²) in [6.45, 7) is 6.78. The van der Waals surface area contributed by atoms with E-state index in [1.165, 1.54) is 6.07 Å². The fourth-order valence-electron chi connectivity index (χ4n) is 1.97. The third-order valence-corrected chi connectivity index (χ3v) is 3.19. The maximum Gasteiger partial charge on any atom is 0.338 e. The molecule has 1 amide bonds. The van der Waals surface area contributed by atoms with Gasteiger partial charge in [0.1, 0.15) is 6.26 Å². The van der Waals surface area contributed by atoms with Gasteiger partial charge in [-0.05, 0) is 31.9 Å². The molecule has 0 unspecified atom stereocenters. The van der Waals surface area contributed by atoms with Crippen molar-refractivity contribution < 1.29 is 23.8 Å². The van der Waals surface area contributed by atoms with Crippen LogP contribution in [0.5, 0.6) is 0 Å². The van der Waals surface area contributed by atoms with E-state index in [0.717, 1.165) is 17.4 Å². The number of rotatable bonds is 6. The number of carboxylic acids is 1. The van der Waals surface area contributed by atoms with E-state index in [1.807, 2.05) is 45.0 Å². The smallest absolute Gasteiger partial charge is 0.338 e. The van der Waals surface area contributed by atoms with Crippen LogP contribution < -0.4 is 5.32 Å². The second-order valence-corrected chi connectivity index (χ2v) is 6.41. The van der Waals surface area contributed by atoms with Crippen LogP contribution in [0.2, 0.25) is 0 Å². The number of benzene rings is 1. The molecule has 0 radical (unpaired) electrons. The molecule has 2 rings (SSSR count). The summed E-state index contributed by atoms with van der Waals surface area (Å²) in [6, 6.07) is 8.91. The van der Waals surface area contributed by atoms with E-state index >= 15 is 0 Å². The van der Waals surface area contributed by atoms with Crippen molar-refractivity contribution in [3.63, 3.8) is 0 Å². The van der Waals surface area contributed by atoms with Crippen LogP contribution in [0.15, 0.2) is 41.0 Å². The largest absolute Gasteiger partial charge is 0.478 e. The Bertz CT molecular complexity index is 727. The zero-order valence-corrected chi connectivity index (χ0v) is 14.0. The zero-order valence-electron chi connectivity index (χ0n) is 14.0. The Labute approximate surface area is 140 Å². The van der Waals surface area contributed by atoms with Gasteiger partial charge in [0.2, 0.25) is 0 Å². The maximum atomic E-state index is 12.0. The topological polar surface area (TPSA) is 88.8 Å². The molecule has 2 aromatic rings. The van der Waals surface area contributed by atoms with Gasteiger partial charge in [0.15, 0.2) is 5.76 Å². The number of furan rings is 1. The van der Waals surface area contributed by atoms with E-state index in [2.05, 4.69) is 5.32 Å². The van der Waals surface area contributed by atoms with Crippen molar-refractivity contribution in [2.24, 2.45) is 0 Å². The van der Waals surface area contributed by atoms with Crippen molar-refractivity contribution in [2.75, 3.05) is 0 Å². The lowest BCUT2D eigenvalue weighted by Gasteiger charge is -2.19. The van der Waals surface area contributed by atoms with Crippen molar-refractivity contribution in [2.45, 2.75) is 39.5 Å². The van der Waals surface area contributed by atoms with Gasteiger partial charge in [-0.2, -0.15) is 0 Å². The van der Waals surface area contributed by atoms with Crippen LogP contribution in [0, 0.1) is 0 Å². The van der Waals surface area contributed by atoms with Gasteiger partial charge >= 0.3 is 5.97 Å². The summed E-state index contributed by atoms with van der Waals surface area (Å²) in [5, 5.41) is 11.5. The van der Waals surface area contributed by atoms with Crippen molar-refractivity contribution in [3.05, 3.63) is 59.0 Å². The summed E-state index contributed by atoms with van der Waals surface area (Å²) >= 11 is 0. The number of ether oxygens (including phenoxy) is 1. The minimum atomic E-state index is -1.13. The van der Waals surface area contributed by atoms with Crippen molar-refractivity contribution in [1.29, 1.82) is 0 Å². The van der Waals surface area contributed by atoms with Crippen LogP contribution in [-0.2, 0) is 17.9 Å². The van der Waals surface area contributed by atoms with Gasteiger partial charge < -0.3 is 19.6 Å². The predicted octanol–water partition coefficient (Wildman–Crippen LogP) is 3.22. The third-order valence-electron chi connectivity index (χ3n) is 3.19. The van der Waals surface area contributed by atoms with Crippen molar-refractivity contribution in [1.82, 2.24) is 5.32 Å². The average Bonchev–Trinajstić information content (AvgIpc) is 3.01. The van der Waals surface area contributed by atoms with E-state index in [0.29, 0.717) is 13.2 Å². The number of carbonyl (C=O) groups is 2. The fourth-order valence-corrected chi connectivity index (χ4v) is 1.97. The van der Waals surface area contributed by atoms with Gasteiger partial charge in [-0.3, -0.25) is 4.79 Å². The van der Waals surface area contributed by atoms with Gasteiger partial charge in [-0.15, -0.1) is 0 Å². The molecule has 128 valence electrons. The quantitative estimate of drug-likeness (QED) is 0.848. The summed E-state index contributed by atoms with van der Waals surface area (Å²) in [7, 11) is 0. The average molecular weight is 331 g/mol. The number of nitrogens with one attached hydrogen (secondary N) is 1. The Hall–Kier alpha value is -2.60. The molecule has 1 aromatic carbocycles. The number of hydrogen-bond donors (Lipinski definition) is 2. The Balaban J connectivity index is 1.93. The molecule has 0 aliphatic heterocycles. The summed E-state index contributed by atoms with van der Waals surface area (Å²) < 4.78 is 10.7. The van der Waals surface area contributed by atoms with E-state index in [1.54, 1.807) is 0 Å². The second-order valence-electron chi connectivity index (χ2n) is 6.41. The number of hydrogen-bond acceptors (Lipinski definition) is 4. The molecule has 0 saturated carbocycles. The molecule has 0 atom stereocenters. The van der Waals surface area contributed by atoms with Crippen LogP contribution in [0.1, 0.15) is 52.8 Å². The van der Waals surface area contributed by atoms with E-state index in [9.17, 15) is 9.59 Å². The lowest BCUT2D eigenvalue weighted by molar-refractivity contribution is -0.0149. The van der Waals surface area contributed by atoms with Gasteiger partial charge in [-0.1, -0.05) is 24.3 Å². The summed E-state index contributed by atoms with van der Waals surface area (Å²) in [5.41, 5.74) is 1.67. The van der Waals surface area contributed by atoms with Crippen LogP contribution >= 0.6 is 0 Å². The number of amides is 1. The fraction of sp³-hybridized carbons (Fsp3) is 0.333.